The van der Waals surface area contributed by atoms with Crippen molar-refractivity contribution in [2.75, 3.05) is 32.6 Å². The van der Waals surface area contributed by atoms with Crippen molar-refractivity contribution in [1.29, 1.82) is 0 Å². The van der Waals surface area contributed by atoms with Crippen molar-refractivity contribution < 1.29 is 17.9 Å². The summed E-state index contributed by atoms with van der Waals surface area (Å²) in [7, 11) is -1.77. The van der Waals surface area contributed by atoms with Crippen LogP contribution in [0.1, 0.15) is 13.8 Å². The summed E-state index contributed by atoms with van der Waals surface area (Å²) in [5.41, 5.74) is 0. The minimum atomic E-state index is -3.30. The molecule has 1 heterocycles. The van der Waals surface area contributed by atoms with Gasteiger partial charge in [0, 0.05) is 19.1 Å². The number of sulfone groups is 1. The Labute approximate surface area is 126 Å². The third-order valence-corrected chi connectivity index (χ3v) is 5.48. The number of benzene rings is 1. The third kappa shape index (κ3) is 4.18. The van der Waals surface area contributed by atoms with E-state index in [4.69, 9.17) is 9.47 Å². The highest BCUT2D eigenvalue weighted by atomic mass is 32.2. The molecule has 2 rings (SSSR count). The van der Waals surface area contributed by atoms with Crippen LogP contribution in [0.25, 0.3) is 0 Å². The standard InChI is InChI=1S/C15H23NO4S/c1-12-11-20-13(2)10-16(12)7-8-21(17,18)15-6-4-5-14(9-15)19-3/h4-6,9,12-13H,7-8,10-11H2,1-3H3/t12-,13+/m1/s1. The van der Waals surface area contributed by atoms with Crippen molar-refractivity contribution in [3.63, 3.8) is 0 Å². The molecule has 118 valence electrons. The van der Waals surface area contributed by atoms with Crippen molar-refractivity contribution in [2.24, 2.45) is 0 Å². The SMILES string of the molecule is COc1cccc(S(=O)(=O)CCN2C[C@H](C)OC[C@H]2C)c1. The maximum Gasteiger partial charge on any atom is 0.179 e. The Balaban J connectivity index is 2.03. The highest BCUT2D eigenvalue weighted by Gasteiger charge is 2.25. The lowest BCUT2D eigenvalue weighted by Gasteiger charge is -2.36. The molecule has 1 aromatic carbocycles. The normalized spacial score (nSPS) is 24.0. The summed E-state index contributed by atoms with van der Waals surface area (Å²) in [6, 6.07) is 6.88. The van der Waals surface area contributed by atoms with Crippen LogP contribution in [0, 0.1) is 0 Å². The van der Waals surface area contributed by atoms with Crippen LogP contribution in [0.4, 0.5) is 0 Å². The van der Waals surface area contributed by atoms with Crippen LogP contribution in [0.2, 0.25) is 0 Å². The second kappa shape index (κ2) is 6.77. The predicted octanol–water partition coefficient (Wildman–Crippen LogP) is 1.58. The zero-order valence-electron chi connectivity index (χ0n) is 12.8. The van der Waals surface area contributed by atoms with Crippen molar-refractivity contribution >= 4 is 9.84 Å². The summed E-state index contributed by atoms with van der Waals surface area (Å²) in [5, 5.41) is 0. The van der Waals surface area contributed by atoms with Crippen molar-refractivity contribution in [3.05, 3.63) is 24.3 Å². The molecule has 1 aliphatic heterocycles. The summed E-state index contributed by atoms with van der Waals surface area (Å²) in [6.45, 7) is 6.02. The number of rotatable bonds is 5. The van der Waals surface area contributed by atoms with Gasteiger partial charge < -0.3 is 9.47 Å². The molecule has 1 aliphatic rings. The highest BCUT2D eigenvalue weighted by molar-refractivity contribution is 7.91. The first-order chi connectivity index (χ1) is 9.92. The van der Waals surface area contributed by atoms with Crippen LogP contribution in [-0.2, 0) is 14.6 Å². The van der Waals surface area contributed by atoms with Crippen LogP contribution in [-0.4, -0.2) is 58.0 Å². The number of hydrogen-bond acceptors (Lipinski definition) is 5. The fourth-order valence-electron chi connectivity index (χ4n) is 2.43. The fourth-order valence-corrected chi connectivity index (χ4v) is 3.73. The van der Waals surface area contributed by atoms with Gasteiger partial charge in [-0.15, -0.1) is 0 Å². The Morgan fingerprint density at radius 3 is 2.86 bits per heavy atom. The van der Waals surface area contributed by atoms with E-state index >= 15 is 0 Å². The largest absolute Gasteiger partial charge is 0.497 e. The van der Waals surface area contributed by atoms with E-state index in [0.29, 0.717) is 23.8 Å². The lowest BCUT2D eigenvalue weighted by atomic mass is 10.2. The average molecular weight is 313 g/mol. The van der Waals surface area contributed by atoms with Crippen LogP contribution in [0.15, 0.2) is 29.2 Å². The Morgan fingerprint density at radius 2 is 2.14 bits per heavy atom. The van der Waals surface area contributed by atoms with Gasteiger partial charge in [0.15, 0.2) is 9.84 Å². The molecule has 5 nitrogen and oxygen atoms in total. The van der Waals surface area contributed by atoms with Gasteiger partial charge in [-0.2, -0.15) is 0 Å². The molecule has 0 bridgehead atoms. The summed E-state index contributed by atoms with van der Waals surface area (Å²) < 4.78 is 35.5. The van der Waals surface area contributed by atoms with Crippen molar-refractivity contribution in [2.45, 2.75) is 30.9 Å². The molecule has 0 aromatic heterocycles. The molecule has 0 saturated carbocycles. The minimum Gasteiger partial charge on any atom is -0.497 e. The second-order valence-electron chi connectivity index (χ2n) is 5.49. The Kier molecular flexibility index (Phi) is 5.24. The van der Waals surface area contributed by atoms with E-state index < -0.39 is 9.84 Å². The topological polar surface area (TPSA) is 55.8 Å². The van der Waals surface area contributed by atoms with E-state index in [-0.39, 0.29) is 17.9 Å². The number of nitrogens with zero attached hydrogens (tertiary/aromatic N) is 1. The molecule has 0 spiro atoms. The fraction of sp³-hybridized carbons (Fsp3) is 0.600. The molecule has 6 heteroatoms. The number of methoxy groups -OCH3 is 1. The molecular weight excluding hydrogens is 290 g/mol. The van der Waals surface area contributed by atoms with E-state index in [1.807, 2.05) is 6.92 Å². The molecule has 1 saturated heterocycles. The van der Waals surface area contributed by atoms with Gasteiger partial charge in [-0.05, 0) is 32.0 Å². The Morgan fingerprint density at radius 1 is 1.38 bits per heavy atom. The van der Waals surface area contributed by atoms with Crippen LogP contribution in [0.3, 0.4) is 0 Å². The zero-order chi connectivity index (χ0) is 15.5. The van der Waals surface area contributed by atoms with Gasteiger partial charge in [-0.1, -0.05) is 6.07 Å². The quantitative estimate of drug-likeness (QED) is 0.826. The number of morpholine rings is 1. The summed E-state index contributed by atoms with van der Waals surface area (Å²) in [5.74, 6) is 0.668. The third-order valence-electron chi connectivity index (χ3n) is 3.78. The summed E-state index contributed by atoms with van der Waals surface area (Å²) >= 11 is 0. The molecule has 0 unspecified atom stereocenters. The highest BCUT2D eigenvalue weighted by Crippen LogP contribution is 2.19. The van der Waals surface area contributed by atoms with Crippen molar-refractivity contribution in [1.82, 2.24) is 4.90 Å². The lowest BCUT2D eigenvalue weighted by Crippen LogP contribution is -2.48. The van der Waals surface area contributed by atoms with Gasteiger partial charge in [0.1, 0.15) is 5.75 Å². The second-order valence-corrected chi connectivity index (χ2v) is 7.59. The van der Waals surface area contributed by atoms with Crippen LogP contribution < -0.4 is 4.74 Å². The van der Waals surface area contributed by atoms with Gasteiger partial charge >= 0.3 is 0 Å². The van der Waals surface area contributed by atoms with Gasteiger partial charge in [0.05, 0.1) is 30.5 Å². The Hall–Kier alpha value is -1.11. The first-order valence-corrected chi connectivity index (χ1v) is 8.80. The Bertz CT molecular complexity index is 573. The van der Waals surface area contributed by atoms with E-state index in [2.05, 4.69) is 11.8 Å². The van der Waals surface area contributed by atoms with Crippen LogP contribution in [0.5, 0.6) is 5.75 Å². The molecule has 21 heavy (non-hydrogen) atoms. The van der Waals surface area contributed by atoms with Gasteiger partial charge in [-0.3, -0.25) is 4.90 Å². The first-order valence-electron chi connectivity index (χ1n) is 7.15. The molecule has 0 N–H and O–H groups in total. The van der Waals surface area contributed by atoms with Gasteiger partial charge in [-0.25, -0.2) is 8.42 Å². The van der Waals surface area contributed by atoms with E-state index in [0.717, 1.165) is 6.54 Å². The summed E-state index contributed by atoms with van der Waals surface area (Å²) in [6.07, 6.45) is 0.153. The molecular formula is C15H23NO4S. The number of ether oxygens (including phenoxy) is 2. The van der Waals surface area contributed by atoms with Gasteiger partial charge in [0.2, 0.25) is 0 Å². The maximum atomic E-state index is 12.4. The number of hydrogen-bond donors (Lipinski definition) is 0. The molecule has 0 amide bonds. The molecule has 1 aromatic rings. The zero-order valence-corrected chi connectivity index (χ0v) is 13.6. The smallest absolute Gasteiger partial charge is 0.179 e. The molecule has 2 atom stereocenters. The van der Waals surface area contributed by atoms with Gasteiger partial charge in [0.25, 0.3) is 0 Å². The lowest BCUT2D eigenvalue weighted by molar-refractivity contribution is -0.0469. The van der Waals surface area contributed by atoms with Crippen molar-refractivity contribution in [3.8, 4) is 5.75 Å². The molecule has 1 fully saturated rings. The molecule has 0 aliphatic carbocycles. The van der Waals surface area contributed by atoms with E-state index in [1.165, 1.54) is 7.11 Å². The minimum absolute atomic E-state index is 0.108. The van der Waals surface area contributed by atoms with E-state index in [9.17, 15) is 8.42 Å². The average Bonchev–Trinajstić information content (AvgIpc) is 2.48. The maximum absolute atomic E-state index is 12.4. The predicted molar refractivity (Wildman–Crippen MR) is 81.5 cm³/mol. The summed E-state index contributed by atoms with van der Waals surface area (Å²) in [4.78, 5) is 2.49. The van der Waals surface area contributed by atoms with E-state index in [1.54, 1.807) is 24.3 Å². The molecule has 0 radical (unpaired) electrons. The van der Waals surface area contributed by atoms with Crippen LogP contribution >= 0.6 is 0 Å². The first kappa shape index (κ1) is 16.3. The monoisotopic (exact) mass is 313 g/mol.